The zero-order valence-electron chi connectivity index (χ0n) is 17.7. The van der Waals surface area contributed by atoms with Crippen molar-refractivity contribution in [3.05, 3.63) is 46.8 Å². The number of benzene rings is 1. The Bertz CT molecular complexity index is 1220. The highest BCUT2D eigenvalue weighted by Gasteiger charge is 2.31. The Morgan fingerprint density at radius 2 is 2.07 bits per heavy atom. The van der Waals surface area contributed by atoms with Gasteiger partial charge in [-0.05, 0) is 49.4 Å². The quantitative estimate of drug-likeness (QED) is 0.664. The smallest absolute Gasteiger partial charge is 0.230 e. The topological polar surface area (TPSA) is 94.2 Å². The lowest BCUT2D eigenvalue weighted by molar-refractivity contribution is -0.115. The van der Waals surface area contributed by atoms with Crippen LogP contribution in [0.25, 0.3) is 11.0 Å². The van der Waals surface area contributed by atoms with Gasteiger partial charge in [0.05, 0.1) is 35.9 Å². The average Bonchev–Trinajstić information content (AvgIpc) is 3.31. The van der Waals surface area contributed by atoms with Gasteiger partial charge in [0.25, 0.3) is 0 Å². The van der Waals surface area contributed by atoms with Crippen LogP contribution in [-0.2, 0) is 21.1 Å². The number of rotatable bonds is 5. The maximum atomic E-state index is 12.8. The highest BCUT2D eigenvalue weighted by atomic mass is 32.2. The van der Waals surface area contributed by atoms with E-state index in [0.29, 0.717) is 18.2 Å². The van der Waals surface area contributed by atoms with E-state index in [-0.39, 0.29) is 29.9 Å². The molecule has 7 nitrogen and oxygen atoms in total. The summed E-state index contributed by atoms with van der Waals surface area (Å²) < 4.78 is 31.0. The van der Waals surface area contributed by atoms with E-state index in [9.17, 15) is 13.2 Å². The number of furan rings is 1. The predicted molar refractivity (Wildman–Crippen MR) is 117 cm³/mol. The molecule has 1 atom stereocenters. The van der Waals surface area contributed by atoms with Crippen molar-refractivity contribution < 1.29 is 17.6 Å². The molecule has 0 aliphatic carbocycles. The number of anilines is 1. The first kappa shape index (κ1) is 20.7. The van der Waals surface area contributed by atoms with Crippen LogP contribution in [-0.4, -0.2) is 35.6 Å². The number of fused-ring (bicyclic) bond motifs is 1. The fourth-order valence-corrected chi connectivity index (χ4v) is 5.91. The Labute approximate surface area is 176 Å². The van der Waals surface area contributed by atoms with Gasteiger partial charge in [0.1, 0.15) is 11.4 Å². The number of sulfone groups is 1. The van der Waals surface area contributed by atoms with Crippen LogP contribution in [0.4, 0.5) is 5.82 Å². The molecule has 4 rings (SSSR count). The third-order valence-corrected chi connectivity index (χ3v) is 7.45. The van der Waals surface area contributed by atoms with Gasteiger partial charge in [-0.2, -0.15) is 5.10 Å². The number of nitrogens with zero attached hydrogens (tertiary/aromatic N) is 2. The van der Waals surface area contributed by atoms with Gasteiger partial charge in [0.15, 0.2) is 9.84 Å². The molecule has 8 heteroatoms. The number of amides is 1. The number of aryl methyl sites for hydroxylation is 2. The molecule has 1 aliphatic heterocycles. The lowest BCUT2D eigenvalue weighted by Crippen LogP contribution is -2.20. The van der Waals surface area contributed by atoms with E-state index in [0.717, 1.165) is 22.2 Å². The summed E-state index contributed by atoms with van der Waals surface area (Å²) >= 11 is 0. The number of carbonyl (C=O) groups excluding carboxylic acids is 1. The third-order valence-electron chi connectivity index (χ3n) is 5.70. The molecule has 0 radical (unpaired) electrons. The zero-order valence-corrected chi connectivity index (χ0v) is 18.5. The molecular weight excluding hydrogens is 402 g/mol. The standard InChI is InChI=1S/C22H27N3O4S/c1-13(2)18-10-19-16(11-29-20(19)7-14(18)3)9-22(26)23-21-8-15(4)24-25(21)17-5-6-30(27,28)12-17/h7-8,10-11,13,17H,5-6,9,12H2,1-4H3,(H,23,26)/t17-/m1/s1. The molecule has 2 aromatic heterocycles. The molecule has 0 unspecified atom stereocenters. The minimum Gasteiger partial charge on any atom is -0.464 e. The Morgan fingerprint density at radius 1 is 1.30 bits per heavy atom. The van der Waals surface area contributed by atoms with E-state index in [2.05, 4.69) is 37.3 Å². The molecule has 1 amide bonds. The van der Waals surface area contributed by atoms with Crippen molar-refractivity contribution >= 4 is 32.5 Å². The molecule has 3 aromatic rings. The summed E-state index contributed by atoms with van der Waals surface area (Å²) in [6.07, 6.45) is 2.32. The molecule has 1 aliphatic rings. The van der Waals surface area contributed by atoms with Crippen LogP contribution >= 0.6 is 0 Å². The van der Waals surface area contributed by atoms with E-state index in [4.69, 9.17) is 4.42 Å². The second-order valence-electron chi connectivity index (χ2n) is 8.52. The van der Waals surface area contributed by atoms with Crippen molar-refractivity contribution in [1.82, 2.24) is 9.78 Å². The first-order chi connectivity index (χ1) is 14.1. The lowest BCUT2D eigenvalue weighted by Gasteiger charge is -2.14. The van der Waals surface area contributed by atoms with Crippen LogP contribution in [0.5, 0.6) is 0 Å². The summed E-state index contributed by atoms with van der Waals surface area (Å²) in [6, 6.07) is 5.66. The summed E-state index contributed by atoms with van der Waals surface area (Å²) in [5.74, 6) is 0.937. The highest BCUT2D eigenvalue weighted by Crippen LogP contribution is 2.30. The van der Waals surface area contributed by atoms with Crippen LogP contribution < -0.4 is 5.32 Å². The fourth-order valence-electron chi connectivity index (χ4n) is 4.22. The van der Waals surface area contributed by atoms with Gasteiger partial charge >= 0.3 is 0 Å². The Kier molecular flexibility index (Phi) is 5.22. The first-order valence-corrected chi connectivity index (χ1v) is 12.0. The van der Waals surface area contributed by atoms with Gasteiger partial charge < -0.3 is 9.73 Å². The van der Waals surface area contributed by atoms with Crippen molar-refractivity contribution in [3.63, 3.8) is 0 Å². The van der Waals surface area contributed by atoms with Crippen LogP contribution in [0.15, 0.2) is 28.9 Å². The molecule has 1 saturated heterocycles. The zero-order chi connectivity index (χ0) is 21.6. The predicted octanol–water partition coefficient (Wildman–Crippen LogP) is 3.91. The second-order valence-corrected chi connectivity index (χ2v) is 10.7. The van der Waals surface area contributed by atoms with Crippen molar-refractivity contribution in [2.45, 2.75) is 52.5 Å². The van der Waals surface area contributed by atoms with Gasteiger partial charge in [-0.25, -0.2) is 13.1 Å². The Balaban J connectivity index is 1.56. The first-order valence-electron chi connectivity index (χ1n) is 10.2. The largest absolute Gasteiger partial charge is 0.464 e. The summed E-state index contributed by atoms with van der Waals surface area (Å²) in [5, 5.41) is 8.28. The molecular formula is C22H27N3O4S. The fraction of sp³-hybridized carbons (Fsp3) is 0.455. The van der Waals surface area contributed by atoms with Gasteiger partial charge in [0.2, 0.25) is 5.91 Å². The second kappa shape index (κ2) is 7.58. The lowest BCUT2D eigenvalue weighted by atomic mass is 9.95. The SMILES string of the molecule is Cc1cc(NC(=O)Cc2coc3cc(C)c(C(C)C)cc23)n([C@@H]2CCS(=O)(=O)C2)n1. The number of aromatic nitrogens is 2. The minimum absolute atomic E-state index is 0.0562. The molecule has 1 N–H and O–H groups in total. The normalized spacial score (nSPS) is 18.4. The van der Waals surface area contributed by atoms with Gasteiger partial charge in [0, 0.05) is 17.0 Å². The highest BCUT2D eigenvalue weighted by molar-refractivity contribution is 7.91. The number of hydrogen-bond acceptors (Lipinski definition) is 5. The molecule has 0 spiro atoms. The summed E-state index contributed by atoms with van der Waals surface area (Å²) in [7, 11) is -3.05. The van der Waals surface area contributed by atoms with Gasteiger partial charge in [-0.3, -0.25) is 4.79 Å². The molecule has 160 valence electrons. The molecule has 0 saturated carbocycles. The van der Waals surface area contributed by atoms with E-state index in [1.807, 2.05) is 13.0 Å². The summed E-state index contributed by atoms with van der Waals surface area (Å²) in [5.41, 5.74) is 4.75. The number of nitrogens with one attached hydrogen (secondary N) is 1. The van der Waals surface area contributed by atoms with E-state index < -0.39 is 9.84 Å². The Hall–Kier alpha value is -2.61. The van der Waals surface area contributed by atoms with E-state index in [1.54, 1.807) is 17.0 Å². The number of carbonyl (C=O) groups is 1. The number of hydrogen-bond donors (Lipinski definition) is 1. The third kappa shape index (κ3) is 4.01. The van der Waals surface area contributed by atoms with Crippen LogP contribution in [0.2, 0.25) is 0 Å². The average molecular weight is 430 g/mol. The van der Waals surface area contributed by atoms with Crippen molar-refractivity contribution in [2.24, 2.45) is 0 Å². The van der Waals surface area contributed by atoms with E-state index in [1.165, 1.54) is 11.1 Å². The minimum atomic E-state index is -3.05. The van der Waals surface area contributed by atoms with Gasteiger partial charge in [-0.15, -0.1) is 0 Å². The molecule has 1 aromatic carbocycles. The Morgan fingerprint density at radius 3 is 2.73 bits per heavy atom. The van der Waals surface area contributed by atoms with E-state index >= 15 is 0 Å². The van der Waals surface area contributed by atoms with Crippen molar-refractivity contribution in [3.8, 4) is 0 Å². The van der Waals surface area contributed by atoms with Gasteiger partial charge in [-0.1, -0.05) is 13.8 Å². The van der Waals surface area contributed by atoms with Crippen molar-refractivity contribution in [1.29, 1.82) is 0 Å². The monoisotopic (exact) mass is 429 g/mol. The molecule has 0 bridgehead atoms. The maximum Gasteiger partial charge on any atom is 0.230 e. The summed E-state index contributed by atoms with van der Waals surface area (Å²) in [6.45, 7) is 8.19. The van der Waals surface area contributed by atoms with Crippen LogP contribution in [0.1, 0.15) is 54.6 Å². The summed E-state index contributed by atoms with van der Waals surface area (Å²) in [4.78, 5) is 12.8. The van der Waals surface area contributed by atoms with Crippen molar-refractivity contribution in [2.75, 3.05) is 16.8 Å². The molecule has 3 heterocycles. The maximum absolute atomic E-state index is 12.8. The van der Waals surface area contributed by atoms with Crippen LogP contribution in [0.3, 0.4) is 0 Å². The molecule has 1 fully saturated rings. The van der Waals surface area contributed by atoms with Crippen LogP contribution in [0, 0.1) is 13.8 Å². The molecule has 30 heavy (non-hydrogen) atoms.